The first-order valence-corrected chi connectivity index (χ1v) is 6.02. The number of carbonyl (C=O) groups is 2. The molecule has 0 fully saturated rings. The van der Waals surface area contributed by atoms with Crippen LogP contribution < -0.4 is 5.73 Å². The van der Waals surface area contributed by atoms with Gasteiger partial charge in [0.1, 0.15) is 5.70 Å². The van der Waals surface area contributed by atoms with E-state index in [9.17, 15) is 9.59 Å². The van der Waals surface area contributed by atoms with Crippen molar-refractivity contribution < 1.29 is 14.3 Å². The first kappa shape index (κ1) is 15.0. The van der Waals surface area contributed by atoms with Crippen molar-refractivity contribution in [1.82, 2.24) is 0 Å². The number of hydrogen-bond acceptors (Lipinski definition) is 4. The number of benzene rings is 1. The normalized spacial score (nSPS) is 11.6. The summed E-state index contributed by atoms with van der Waals surface area (Å²) in [7, 11) is 0. The van der Waals surface area contributed by atoms with E-state index in [-0.39, 0.29) is 18.1 Å². The zero-order valence-electron chi connectivity index (χ0n) is 10.4. The number of allylic oxidation sites excluding steroid dienone is 2. The summed E-state index contributed by atoms with van der Waals surface area (Å²) in [6.45, 7) is 1.87. The average Bonchev–Trinajstić information content (AvgIpc) is 2.38. The van der Waals surface area contributed by atoms with Crippen molar-refractivity contribution in [3.8, 4) is 0 Å². The molecular weight excluding hydrogens is 266 g/mol. The van der Waals surface area contributed by atoms with Crippen molar-refractivity contribution in [3.63, 3.8) is 0 Å². The highest BCUT2D eigenvalue weighted by molar-refractivity contribution is 6.30. The first-order valence-electron chi connectivity index (χ1n) is 5.65. The van der Waals surface area contributed by atoms with E-state index in [1.54, 1.807) is 37.3 Å². The Labute approximate surface area is 116 Å². The quantitative estimate of drug-likeness (QED) is 0.663. The molecule has 0 aromatic heterocycles. The molecule has 0 bridgehead atoms. The van der Waals surface area contributed by atoms with Gasteiger partial charge in [-0.2, -0.15) is 0 Å². The van der Waals surface area contributed by atoms with Crippen LogP contribution in [-0.2, 0) is 14.3 Å². The predicted molar refractivity (Wildman–Crippen MR) is 74.4 cm³/mol. The summed E-state index contributed by atoms with van der Waals surface area (Å²) in [4.78, 5) is 22.7. The van der Waals surface area contributed by atoms with Crippen molar-refractivity contribution in [2.75, 3.05) is 6.61 Å². The van der Waals surface area contributed by atoms with Gasteiger partial charge in [-0.3, -0.25) is 4.79 Å². The predicted octanol–water partition coefficient (Wildman–Crippen LogP) is 2.33. The Bertz CT molecular complexity index is 518. The summed E-state index contributed by atoms with van der Waals surface area (Å²) < 4.78 is 4.66. The van der Waals surface area contributed by atoms with E-state index >= 15 is 0 Å². The second kappa shape index (κ2) is 7.38. The maximum atomic E-state index is 11.5. The number of esters is 1. The van der Waals surface area contributed by atoms with E-state index in [4.69, 9.17) is 17.3 Å². The molecule has 0 amide bonds. The number of rotatable bonds is 5. The lowest BCUT2D eigenvalue weighted by Crippen LogP contribution is -2.15. The highest BCUT2D eigenvalue weighted by Gasteiger charge is 2.06. The molecule has 0 heterocycles. The minimum atomic E-state index is -0.698. The molecule has 1 aromatic rings. The van der Waals surface area contributed by atoms with Gasteiger partial charge in [0.2, 0.25) is 0 Å². The van der Waals surface area contributed by atoms with Gasteiger partial charge in [-0.05, 0) is 30.7 Å². The lowest BCUT2D eigenvalue weighted by atomic mass is 10.2. The molecule has 0 atom stereocenters. The van der Waals surface area contributed by atoms with Crippen LogP contribution in [0.3, 0.4) is 0 Å². The third kappa shape index (κ3) is 5.40. The summed E-state index contributed by atoms with van der Waals surface area (Å²) in [5.74, 6) is -1.09. The molecule has 100 valence electrons. The molecule has 0 unspecified atom stereocenters. The number of nitrogens with two attached hydrogens (primary N) is 1. The van der Waals surface area contributed by atoms with Gasteiger partial charge >= 0.3 is 5.97 Å². The smallest absolute Gasteiger partial charge is 0.354 e. The summed E-state index contributed by atoms with van der Waals surface area (Å²) in [5, 5.41) is 0.620. The maximum Gasteiger partial charge on any atom is 0.354 e. The lowest BCUT2D eigenvalue weighted by molar-refractivity contribution is -0.138. The van der Waals surface area contributed by atoms with E-state index in [0.29, 0.717) is 5.02 Å². The van der Waals surface area contributed by atoms with E-state index in [0.717, 1.165) is 11.6 Å². The van der Waals surface area contributed by atoms with Gasteiger partial charge in [-0.1, -0.05) is 29.8 Å². The largest absolute Gasteiger partial charge is 0.461 e. The molecule has 1 aromatic carbocycles. The number of ketones is 1. The minimum Gasteiger partial charge on any atom is -0.461 e. The second-order valence-electron chi connectivity index (χ2n) is 3.61. The monoisotopic (exact) mass is 279 g/mol. The Hall–Kier alpha value is -2.07. The minimum absolute atomic E-state index is 0.210. The molecule has 1 rings (SSSR count). The fourth-order valence-corrected chi connectivity index (χ4v) is 1.35. The molecule has 4 nitrogen and oxygen atoms in total. The molecule has 19 heavy (non-hydrogen) atoms. The average molecular weight is 280 g/mol. The zero-order valence-corrected chi connectivity index (χ0v) is 11.2. The Kier molecular flexibility index (Phi) is 5.82. The highest BCUT2D eigenvalue weighted by Crippen LogP contribution is 2.10. The van der Waals surface area contributed by atoms with Crippen LogP contribution in [0.1, 0.15) is 12.5 Å². The SMILES string of the molecule is CCOC(=O)C(N)=CC(=O)C=Cc1ccc(Cl)cc1. The van der Waals surface area contributed by atoms with Crippen molar-refractivity contribution in [3.05, 3.63) is 52.7 Å². The summed E-state index contributed by atoms with van der Waals surface area (Å²) in [6, 6.07) is 6.97. The van der Waals surface area contributed by atoms with Crippen LogP contribution in [0.5, 0.6) is 0 Å². The Balaban J connectivity index is 2.67. The third-order valence-electron chi connectivity index (χ3n) is 2.12. The van der Waals surface area contributed by atoms with Crippen LogP contribution in [0.25, 0.3) is 6.08 Å². The molecule has 0 aliphatic rings. The van der Waals surface area contributed by atoms with Gasteiger partial charge in [-0.15, -0.1) is 0 Å². The standard InChI is InChI=1S/C14H14ClNO3/c1-2-19-14(18)13(16)9-12(17)8-5-10-3-6-11(15)7-4-10/h3-9H,2,16H2,1H3. The van der Waals surface area contributed by atoms with Crippen LogP contribution in [-0.4, -0.2) is 18.4 Å². The summed E-state index contributed by atoms with van der Waals surface area (Å²) in [5.41, 5.74) is 6.01. The Morgan fingerprint density at radius 3 is 2.53 bits per heavy atom. The Morgan fingerprint density at radius 1 is 1.32 bits per heavy atom. The van der Waals surface area contributed by atoms with Gasteiger partial charge in [-0.25, -0.2) is 4.79 Å². The van der Waals surface area contributed by atoms with Crippen LogP contribution in [0.15, 0.2) is 42.1 Å². The second-order valence-corrected chi connectivity index (χ2v) is 4.04. The van der Waals surface area contributed by atoms with Crippen LogP contribution >= 0.6 is 11.6 Å². The molecule has 5 heteroatoms. The van der Waals surface area contributed by atoms with E-state index in [1.807, 2.05) is 0 Å². The molecule has 0 aliphatic heterocycles. The summed E-state index contributed by atoms with van der Waals surface area (Å²) in [6.07, 6.45) is 3.95. The van der Waals surface area contributed by atoms with E-state index < -0.39 is 5.97 Å². The van der Waals surface area contributed by atoms with Gasteiger partial charge in [0.25, 0.3) is 0 Å². The fourth-order valence-electron chi connectivity index (χ4n) is 1.23. The molecule has 2 N–H and O–H groups in total. The van der Waals surface area contributed by atoms with Gasteiger partial charge < -0.3 is 10.5 Å². The Morgan fingerprint density at radius 2 is 1.95 bits per heavy atom. The number of carbonyl (C=O) groups excluding carboxylic acids is 2. The lowest BCUT2D eigenvalue weighted by Gasteiger charge is -1.99. The zero-order chi connectivity index (χ0) is 14.3. The van der Waals surface area contributed by atoms with Crippen LogP contribution in [0.2, 0.25) is 5.02 Å². The highest BCUT2D eigenvalue weighted by atomic mass is 35.5. The maximum absolute atomic E-state index is 11.5. The first-order chi connectivity index (χ1) is 9.02. The molecule has 0 saturated carbocycles. The topological polar surface area (TPSA) is 69.4 Å². The molecule has 0 saturated heterocycles. The molecule has 0 radical (unpaired) electrons. The molecule has 0 spiro atoms. The number of ether oxygens (including phenoxy) is 1. The molecular formula is C14H14ClNO3. The number of halogens is 1. The third-order valence-corrected chi connectivity index (χ3v) is 2.37. The van der Waals surface area contributed by atoms with Gasteiger partial charge in [0.05, 0.1) is 6.61 Å². The van der Waals surface area contributed by atoms with Crippen LogP contribution in [0, 0.1) is 0 Å². The van der Waals surface area contributed by atoms with Gasteiger partial charge in [0, 0.05) is 11.1 Å². The van der Waals surface area contributed by atoms with Crippen molar-refractivity contribution in [2.24, 2.45) is 5.73 Å². The van der Waals surface area contributed by atoms with Crippen molar-refractivity contribution in [1.29, 1.82) is 0 Å². The van der Waals surface area contributed by atoms with Crippen LogP contribution in [0.4, 0.5) is 0 Å². The van der Waals surface area contributed by atoms with Crippen molar-refractivity contribution >= 4 is 29.4 Å². The van der Waals surface area contributed by atoms with E-state index in [2.05, 4.69) is 4.74 Å². The number of hydrogen-bond donors (Lipinski definition) is 1. The van der Waals surface area contributed by atoms with E-state index in [1.165, 1.54) is 6.08 Å². The summed E-state index contributed by atoms with van der Waals surface area (Å²) >= 11 is 5.74. The molecule has 0 aliphatic carbocycles. The van der Waals surface area contributed by atoms with Crippen molar-refractivity contribution in [2.45, 2.75) is 6.92 Å². The fraction of sp³-hybridized carbons (Fsp3) is 0.143. The van der Waals surface area contributed by atoms with Gasteiger partial charge in [0.15, 0.2) is 5.78 Å².